The molecule has 50 heavy (non-hydrogen) atoms. The number of carbonyl (C=O) groups excluding carboxylic acids is 4. The summed E-state index contributed by atoms with van der Waals surface area (Å²) in [6, 6.07) is 6.64. The van der Waals surface area contributed by atoms with Crippen LogP contribution in [0.15, 0.2) is 46.2 Å². The maximum Gasteiger partial charge on any atom is 0.271 e. The average Bonchev–Trinajstić information content (AvgIpc) is 3.50. The number of nitro benzene ring substituents is 2. The number of unbranched alkanes of at least 4 members (excludes halogenated alkanes) is 4. The van der Waals surface area contributed by atoms with Crippen LogP contribution in [0.25, 0.3) is 0 Å². The first kappa shape index (κ1) is 38.1. The van der Waals surface area contributed by atoms with E-state index in [2.05, 4.69) is 10.6 Å². The van der Waals surface area contributed by atoms with Crippen molar-refractivity contribution in [1.82, 2.24) is 9.80 Å². The molecule has 4 amide bonds. The van der Waals surface area contributed by atoms with Gasteiger partial charge in [-0.05, 0) is 37.8 Å². The van der Waals surface area contributed by atoms with E-state index in [-0.39, 0.29) is 70.0 Å². The maximum absolute atomic E-state index is 13.2. The molecule has 2 heterocycles. The molecule has 2 aromatic rings. The lowest BCUT2D eigenvalue weighted by Gasteiger charge is -2.14. The smallest absolute Gasteiger partial charge is 0.271 e. The minimum Gasteiger partial charge on any atom is -0.506 e. The SMILES string of the molecule is O=C(CCCCCN1C(=O)C(=C2SC(=S)N(CCCCCC(=O)Nc3cc([N+](=O)[O-])ccc3O)C2=O)SC1=S)Nc1cc([N+](=O)[O-])ccc1O. The van der Waals surface area contributed by atoms with Gasteiger partial charge in [0, 0.05) is 50.2 Å². The largest absolute Gasteiger partial charge is 0.506 e. The van der Waals surface area contributed by atoms with E-state index in [0.29, 0.717) is 47.2 Å². The Hall–Kier alpha value is -4.66. The quantitative estimate of drug-likeness (QED) is 0.0411. The number of amides is 4. The summed E-state index contributed by atoms with van der Waals surface area (Å²) in [7, 11) is 0. The van der Waals surface area contributed by atoms with Gasteiger partial charge in [-0.15, -0.1) is 0 Å². The number of rotatable bonds is 16. The summed E-state index contributed by atoms with van der Waals surface area (Å²) in [5.74, 6) is -2.26. The van der Waals surface area contributed by atoms with Gasteiger partial charge in [0.25, 0.3) is 23.2 Å². The molecule has 0 bridgehead atoms. The van der Waals surface area contributed by atoms with Crippen LogP contribution in [-0.2, 0) is 19.2 Å². The zero-order valence-corrected chi connectivity index (χ0v) is 29.4. The van der Waals surface area contributed by atoms with Crippen LogP contribution in [0.5, 0.6) is 11.5 Å². The number of aromatic hydroxyl groups is 2. The predicted octanol–water partition coefficient (Wildman–Crippen LogP) is 5.54. The van der Waals surface area contributed by atoms with E-state index in [1.807, 2.05) is 0 Å². The first-order valence-electron chi connectivity index (χ1n) is 15.1. The van der Waals surface area contributed by atoms with Crippen molar-refractivity contribution in [3.8, 4) is 11.5 Å². The third kappa shape index (κ3) is 9.73. The summed E-state index contributed by atoms with van der Waals surface area (Å²) in [5.41, 5.74) is -0.664. The fourth-order valence-corrected chi connectivity index (χ4v) is 7.59. The number of nitrogens with zero attached hydrogens (tertiary/aromatic N) is 4. The van der Waals surface area contributed by atoms with Gasteiger partial charge in [-0.2, -0.15) is 0 Å². The highest BCUT2D eigenvalue weighted by molar-refractivity contribution is 8.29. The van der Waals surface area contributed by atoms with Gasteiger partial charge in [0.05, 0.1) is 31.0 Å². The van der Waals surface area contributed by atoms with Crippen molar-refractivity contribution in [3.05, 3.63) is 66.4 Å². The predicted molar refractivity (Wildman–Crippen MR) is 195 cm³/mol. The fraction of sp³-hybridized carbons (Fsp3) is 0.333. The van der Waals surface area contributed by atoms with Gasteiger partial charge < -0.3 is 20.8 Å². The topological polar surface area (TPSA) is 226 Å². The number of benzene rings is 2. The lowest BCUT2D eigenvalue weighted by Crippen LogP contribution is -2.31. The number of thioether (sulfide) groups is 2. The first-order valence-corrected chi connectivity index (χ1v) is 17.6. The van der Waals surface area contributed by atoms with Gasteiger partial charge in [0.2, 0.25) is 11.8 Å². The fourth-order valence-electron chi connectivity index (χ4n) is 4.82. The number of hydrogen-bond acceptors (Lipinski definition) is 14. The van der Waals surface area contributed by atoms with Gasteiger partial charge in [-0.1, -0.05) is 60.8 Å². The second-order valence-electron chi connectivity index (χ2n) is 10.9. The van der Waals surface area contributed by atoms with Crippen molar-refractivity contribution < 1.29 is 39.2 Å². The van der Waals surface area contributed by atoms with Crippen molar-refractivity contribution in [3.63, 3.8) is 0 Å². The molecule has 2 aliphatic heterocycles. The molecule has 264 valence electrons. The minimum atomic E-state index is -0.637. The van der Waals surface area contributed by atoms with Gasteiger partial charge >= 0.3 is 0 Å². The Labute approximate surface area is 303 Å². The molecule has 4 rings (SSSR count). The molecule has 20 heteroatoms. The molecule has 2 saturated heterocycles. The lowest BCUT2D eigenvalue weighted by atomic mass is 10.1. The number of thiocarbonyl (C=S) groups is 2. The Morgan fingerprint density at radius 2 is 1.06 bits per heavy atom. The Morgan fingerprint density at radius 3 is 1.42 bits per heavy atom. The molecule has 16 nitrogen and oxygen atoms in total. The lowest BCUT2D eigenvalue weighted by molar-refractivity contribution is -0.385. The van der Waals surface area contributed by atoms with Crippen LogP contribution in [-0.4, -0.2) is 75.2 Å². The molecule has 4 N–H and O–H groups in total. The summed E-state index contributed by atoms with van der Waals surface area (Å²) in [4.78, 5) is 74.9. The highest BCUT2D eigenvalue weighted by Gasteiger charge is 2.41. The highest BCUT2D eigenvalue weighted by atomic mass is 32.2. The second kappa shape index (κ2) is 17.3. The average molecular weight is 763 g/mol. The van der Waals surface area contributed by atoms with E-state index in [9.17, 15) is 49.6 Å². The van der Waals surface area contributed by atoms with Crippen molar-refractivity contribution in [2.45, 2.75) is 51.4 Å². The maximum atomic E-state index is 13.2. The third-order valence-corrected chi connectivity index (χ3v) is 10.4. The van der Waals surface area contributed by atoms with Crippen LogP contribution in [0, 0.1) is 20.2 Å². The van der Waals surface area contributed by atoms with Crippen LogP contribution in [0.3, 0.4) is 0 Å². The number of non-ortho nitro benzene ring substituents is 2. The Bertz CT molecular complexity index is 1680. The summed E-state index contributed by atoms with van der Waals surface area (Å²) < 4.78 is 0.594. The number of phenolic OH excluding ortho intramolecular Hbond substituents is 2. The van der Waals surface area contributed by atoms with Crippen molar-refractivity contribution in [2.24, 2.45) is 0 Å². The van der Waals surface area contributed by atoms with Crippen LogP contribution in [0.2, 0.25) is 0 Å². The monoisotopic (exact) mass is 762 g/mol. The van der Waals surface area contributed by atoms with Crippen molar-refractivity contribution >= 4 is 103 Å². The molecule has 0 unspecified atom stereocenters. The molecule has 0 radical (unpaired) electrons. The molecule has 2 aromatic carbocycles. The van der Waals surface area contributed by atoms with Gasteiger partial charge in [0.1, 0.15) is 20.1 Å². The highest BCUT2D eigenvalue weighted by Crippen LogP contribution is 2.42. The third-order valence-electron chi connectivity index (χ3n) is 7.41. The zero-order chi connectivity index (χ0) is 36.5. The molecular formula is C30H30N6O10S4. The standard InChI is InChI=1S/C30H30N6O10S4/c37-21-11-9-17(35(43)44)15-19(21)31-23(39)7-3-1-5-13-33-27(41)25(49-29(33)47)26-28(42)34(30(48)50-26)14-6-2-4-8-24(40)32-20-16-18(36(45)46)10-12-22(20)38/h9-12,15-16,37-38H,1-8,13-14H2,(H,31,39)(H,32,40). The molecule has 2 aliphatic rings. The molecule has 0 atom stereocenters. The molecule has 2 fully saturated rings. The van der Waals surface area contributed by atoms with Crippen molar-refractivity contribution in [2.75, 3.05) is 23.7 Å². The molecular weight excluding hydrogens is 733 g/mol. The molecule has 0 spiro atoms. The molecule has 0 aromatic heterocycles. The zero-order valence-electron chi connectivity index (χ0n) is 26.1. The van der Waals surface area contributed by atoms with E-state index < -0.39 is 33.5 Å². The number of anilines is 2. The van der Waals surface area contributed by atoms with E-state index >= 15 is 0 Å². The van der Waals surface area contributed by atoms with E-state index in [0.717, 1.165) is 59.9 Å². The number of carbonyl (C=O) groups is 4. The summed E-state index contributed by atoms with van der Waals surface area (Å²) in [6.45, 7) is 0.548. The minimum absolute atomic E-state index is 0.0590. The molecule has 0 saturated carbocycles. The van der Waals surface area contributed by atoms with Gasteiger partial charge in [-0.25, -0.2) is 0 Å². The van der Waals surface area contributed by atoms with E-state index in [4.69, 9.17) is 24.4 Å². The van der Waals surface area contributed by atoms with Crippen LogP contribution in [0.4, 0.5) is 22.7 Å². The van der Waals surface area contributed by atoms with Crippen LogP contribution < -0.4 is 10.6 Å². The number of phenols is 2. The summed E-state index contributed by atoms with van der Waals surface area (Å²) in [6.07, 6.45) is 3.20. The van der Waals surface area contributed by atoms with Gasteiger partial charge in [0.15, 0.2) is 0 Å². The van der Waals surface area contributed by atoms with E-state index in [1.54, 1.807) is 0 Å². The normalized spacial score (nSPS) is 15.9. The summed E-state index contributed by atoms with van der Waals surface area (Å²) in [5, 5.41) is 46.6. The van der Waals surface area contributed by atoms with Gasteiger partial charge in [-0.3, -0.25) is 49.2 Å². The number of nitrogens with one attached hydrogen (secondary N) is 2. The number of hydrogen-bond donors (Lipinski definition) is 4. The Balaban J connectivity index is 1.18. The molecule has 0 aliphatic carbocycles. The van der Waals surface area contributed by atoms with Crippen LogP contribution >= 0.6 is 48.0 Å². The number of nitro groups is 2. The van der Waals surface area contributed by atoms with Crippen molar-refractivity contribution in [1.29, 1.82) is 0 Å². The Morgan fingerprint density at radius 1 is 0.680 bits per heavy atom. The van der Waals surface area contributed by atoms with Crippen LogP contribution in [0.1, 0.15) is 51.4 Å². The first-order chi connectivity index (χ1) is 23.8. The Kier molecular flexibility index (Phi) is 13.2. The second-order valence-corrected chi connectivity index (χ2v) is 14.2. The van der Waals surface area contributed by atoms with E-state index in [1.165, 1.54) is 9.80 Å². The summed E-state index contributed by atoms with van der Waals surface area (Å²) >= 11 is 12.9.